The molecule has 0 spiro atoms. The predicted molar refractivity (Wildman–Crippen MR) is 68.6 cm³/mol. The van der Waals surface area contributed by atoms with Crippen LogP contribution in [0, 0.1) is 0 Å². The van der Waals surface area contributed by atoms with Gasteiger partial charge in [0.1, 0.15) is 5.60 Å². The summed E-state index contributed by atoms with van der Waals surface area (Å²) in [7, 11) is 0. The molecular formula is C12H21N5O. The summed E-state index contributed by atoms with van der Waals surface area (Å²) in [6.07, 6.45) is 2.11. The summed E-state index contributed by atoms with van der Waals surface area (Å²) in [6, 6.07) is 0.485. The molecule has 2 N–H and O–H groups in total. The third kappa shape index (κ3) is 2.10. The summed E-state index contributed by atoms with van der Waals surface area (Å²) in [6.45, 7) is 7.98. The van der Waals surface area contributed by atoms with Crippen molar-refractivity contribution >= 4 is 5.95 Å². The van der Waals surface area contributed by atoms with Gasteiger partial charge in [0.2, 0.25) is 5.95 Å². The normalized spacial score (nSPS) is 33.0. The summed E-state index contributed by atoms with van der Waals surface area (Å²) in [4.78, 5) is 6.85. The zero-order valence-corrected chi connectivity index (χ0v) is 11.1. The molecule has 2 aliphatic rings. The van der Waals surface area contributed by atoms with Gasteiger partial charge in [0.05, 0.1) is 0 Å². The maximum Gasteiger partial charge on any atom is 0.244 e. The van der Waals surface area contributed by atoms with Crippen LogP contribution in [0.2, 0.25) is 0 Å². The van der Waals surface area contributed by atoms with Crippen LogP contribution in [0.15, 0.2) is 0 Å². The van der Waals surface area contributed by atoms with Crippen LogP contribution in [-0.4, -0.2) is 47.5 Å². The number of piperazine rings is 1. The molecule has 2 atom stereocenters. The van der Waals surface area contributed by atoms with Crippen molar-refractivity contribution in [2.75, 3.05) is 31.1 Å². The Bertz CT molecular complexity index is 412. The Morgan fingerprint density at radius 3 is 3.11 bits per heavy atom. The molecule has 3 heterocycles. The predicted octanol–water partition coefficient (Wildman–Crippen LogP) is 0.628. The Hall–Kier alpha value is -1.14. The van der Waals surface area contributed by atoms with Crippen molar-refractivity contribution in [1.82, 2.24) is 20.5 Å². The number of nitrogens with zero attached hydrogens (tertiary/aromatic N) is 3. The number of aromatic nitrogens is 3. The first kappa shape index (κ1) is 11.9. The van der Waals surface area contributed by atoms with Gasteiger partial charge in [-0.3, -0.25) is 5.10 Å². The second kappa shape index (κ2) is 4.51. The van der Waals surface area contributed by atoms with Crippen LogP contribution in [0.3, 0.4) is 0 Å². The zero-order valence-electron chi connectivity index (χ0n) is 11.1. The Labute approximate surface area is 107 Å². The molecule has 2 aliphatic heterocycles. The third-order valence-electron chi connectivity index (χ3n) is 3.84. The van der Waals surface area contributed by atoms with E-state index in [4.69, 9.17) is 4.74 Å². The smallest absolute Gasteiger partial charge is 0.244 e. The highest BCUT2D eigenvalue weighted by Crippen LogP contribution is 2.33. The maximum atomic E-state index is 5.78. The molecule has 0 amide bonds. The van der Waals surface area contributed by atoms with Crippen LogP contribution in [0.1, 0.15) is 32.5 Å². The van der Waals surface area contributed by atoms with Crippen molar-refractivity contribution in [1.29, 1.82) is 0 Å². The van der Waals surface area contributed by atoms with Crippen LogP contribution in [-0.2, 0) is 10.3 Å². The zero-order chi connectivity index (χ0) is 12.6. The van der Waals surface area contributed by atoms with Gasteiger partial charge in [-0.15, -0.1) is 5.10 Å². The largest absolute Gasteiger partial charge is 0.367 e. The van der Waals surface area contributed by atoms with Crippen LogP contribution in [0.25, 0.3) is 0 Å². The Morgan fingerprint density at radius 1 is 1.50 bits per heavy atom. The molecule has 0 radical (unpaired) electrons. The lowest BCUT2D eigenvalue weighted by molar-refractivity contribution is 0.00966. The quantitative estimate of drug-likeness (QED) is 0.807. The number of hydrogen-bond donors (Lipinski definition) is 2. The molecule has 1 aromatic rings. The van der Waals surface area contributed by atoms with Crippen LogP contribution >= 0.6 is 0 Å². The molecular weight excluding hydrogens is 230 g/mol. The van der Waals surface area contributed by atoms with Gasteiger partial charge in [-0.2, -0.15) is 4.98 Å². The van der Waals surface area contributed by atoms with E-state index in [0.29, 0.717) is 6.04 Å². The molecule has 1 unspecified atom stereocenters. The summed E-state index contributed by atoms with van der Waals surface area (Å²) in [5.41, 5.74) is -0.273. The number of anilines is 1. The minimum absolute atomic E-state index is 0.273. The first-order valence-corrected chi connectivity index (χ1v) is 6.72. The fraction of sp³-hybridized carbons (Fsp3) is 0.833. The molecule has 1 aromatic heterocycles. The molecule has 3 rings (SSSR count). The molecule has 6 heteroatoms. The minimum Gasteiger partial charge on any atom is -0.367 e. The van der Waals surface area contributed by atoms with E-state index >= 15 is 0 Å². The number of aromatic amines is 1. The van der Waals surface area contributed by atoms with E-state index in [2.05, 4.69) is 39.2 Å². The topological polar surface area (TPSA) is 66.1 Å². The van der Waals surface area contributed by atoms with Crippen molar-refractivity contribution in [2.24, 2.45) is 0 Å². The van der Waals surface area contributed by atoms with Crippen LogP contribution < -0.4 is 10.2 Å². The highest BCUT2D eigenvalue weighted by Gasteiger charge is 2.35. The summed E-state index contributed by atoms with van der Waals surface area (Å²) in [5.74, 6) is 1.66. The number of H-pyrrole nitrogens is 1. The van der Waals surface area contributed by atoms with E-state index in [9.17, 15) is 0 Å². The molecule has 18 heavy (non-hydrogen) atoms. The van der Waals surface area contributed by atoms with Crippen LogP contribution in [0.4, 0.5) is 5.95 Å². The van der Waals surface area contributed by atoms with Gasteiger partial charge in [0.25, 0.3) is 0 Å². The van der Waals surface area contributed by atoms with Gasteiger partial charge in [-0.1, -0.05) is 0 Å². The monoisotopic (exact) mass is 251 g/mol. The van der Waals surface area contributed by atoms with E-state index in [1.165, 1.54) is 0 Å². The summed E-state index contributed by atoms with van der Waals surface area (Å²) < 4.78 is 5.78. The average Bonchev–Trinajstić information content (AvgIpc) is 2.98. The van der Waals surface area contributed by atoms with Gasteiger partial charge in [0, 0.05) is 32.3 Å². The average molecular weight is 251 g/mol. The Kier molecular flexibility index (Phi) is 2.99. The minimum atomic E-state index is -0.273. The maximum absolute atomic E-state index is 5.78. The molecule has 6 nitrogen and oxygen atoms in total. The van der Waals surface area contributed by atoms with E-state index < -0.39 is 0 Å². The fourth-order valence-corrected chi connectivity index (χ4v) is 2.71. The van der Waals surface area contributed by atoms with Crippen molar-refractivity contribution in [3.63, 3.8) is 0 Å². The van der Waals surface area contributed by atoms with Gasteiger partial charge >= 0.3 is 0 Å². The lowest BCUT2D eigenvalue weighted by Crippen LogP contribution is -2.49. The highest BCUT2D eigenvalue weighted by molar-refractivity contribution is 5.31. The van der Waals surface area contributed by atoms with Crippen molar-refractivity contribution in [3.05, 3.63) is 5.82 Å². The molecule has 0 aliphatic carbocycles. The summed E-state index contributed by atoms with van der Waals surface area (Å²) >= 11 is 0. The van der Waals surface area contributed by atoms with Gasteiger partial charge < -0.3 is 15.0 Å². The van der Waals surface area contributed by atoms with E-state index in [0.717, 1.165) is 50.9 Å². The van der Waals surface area contributed by atoms with E-state index in [-0.39, 0.29) is 5.60 Å². The first-order chi connectivity index (χ1) is 8.67. The first-order valence-electron chi connectivity index (χ1n) is 6.72. The third-order valence-corrected chi connectivity index (χ3v) is 3.84. The van der Waals surface area contributed by atoms with Crippen LogP contribution in [0.5, 0.6) is 0 Å². The van der Waals surface area contributed by atoms with Crippen molar-refractivity contribution < 1.29 is 4.74 Å². The Morgan fingerprint density at radius 2 is 2.39 bits per heavy atom. The van der Waals surface area contributed by atoms with Crippen molar-refractivity contribution in [3.8, 4) is 0 Å². The lowest BCUT2D eigenvalue weighted by Gasteiger charge is -2.30. The molecule has 100 valence electrons. The molecule has 0 saturated carbocycles. The number of nitrogens with one attached hydrogen (secondary N) is 2. The van der Waals surface area contributed by atoms with Gasteiger partial charge in [0.15, 0.2) is 5.82 Å². The lowest BCUT2D eigenvalue weighted by atomic mass is 10.0. The molecule has 2 fully saturated rings. The molecule has 0 bridgehead atoms. The molecule has 0 aromatic carbocycles. The van der Waals surface area contributed by atoms with Gasteiger partial charge in [-0.25, -0.2) is 0 Å². The molecule has 2 saturated heterocycles. The number of ether oxygens (including phenoxy) is 1. The van der Waals surface area contributed by atoms with E-state index in [1.807, 2.05) is 0 Å². The second-order valence-electron chi connectivity index (χ2n) is 5.47. The van der Waals surface area contributed by atoms with Gasteiger partial charge in [-0.05, 0) is 26.7 Å². The number of hydrogen-bond acceptors (Lipinski definition) is 5. The SMILES string of the molecule is C[C@@H]1CN(c2n[nH]c(C3(C)CCCO3)n2)CCN1. The summed E-state index contributed by atoms with van der Waals surface area (Å²) in [5, 5.41) is 10.8. The van der Waals surface area contributed by atoms with Crippen molar-refractivity contribution in [2.45, 2.75) is 38.3 Å². The second-order valence-corrected chi connectivity index (χ2v) is 5.47. The highest BCUT2D eigenvalue weighted by atomic mass is 16.5. The van der Waals surface area contributed by atoms with E-state index in [1.54, 1.807) is 0 Å². The number of rotatable bonds is 2. The standard InChI is InChI=1S/C12H21N5O/c1-9-8-17(6-5-13-9)11-14-10(15-16-11)12(2)4-3-7-18-12/h9,13H,3-8H2,1-2H3,(H,14,15,16)/t9-,12?/m1/s1. The Balaban J connectivity index is 1.76. The fourth-order valence-electron chi connectivity index (χ4n) is 2.71.